The second-order valence-corrected chi connectivity index (χ2v) is 6.45. The lowest BCUT2D eigenvalue weighted by molar-refractivity contribution is 0.101. The Bertz CT molecular complexity index is 1180. The minimum absolute atomic E-state index is 0.0532. The third-order valence-corrected chi connectivity index (χ3v) is 4.60. The first-order valence-electron chi connectivity index (χ1n) is 9.00. The van der Waals surface area contributed by atoms with Gasteiger partial charge in [-0.15, -0.1) is 0 Å². The van der Waals surface area contributed by atoms with Crippen molar-refractivity contribution in [2.24, 2.45) is 0 Å². The number of nitrogens with one attached hydrogen (secondary N) is 2. The number of nitrogens with zero attached hydrogens (tertiary/aromatic N) is 2. The van der Waals surface area contributed by atoms with Crippen LogP contribution >= 0.6 is 0 Å². The van der Waals surface area contributed by atoms with Crippen molar-refractivity contribution in [3.8, 4) is 23.0 Å². The molecule has 0 saturated carbocycles. The molecular weight excluding hydrogens is 372 g/mol. The molecule has 8 nitrogen and oxygen atoms in total. The van der Waals surface area contributed by atoms with E-state index in [1.54, 1.807) is 33.4 Å². The zero-order valence-corrected chi connectivity index (χ0v) is 16.3. The van der Waals surface area contributed by atoms with Crippen molar-refractivity contribution in [1.82, 2.24) is 15.1 Å². The average molecular weight is 392 g/mol. The second kappa shape index (κ2) is 7.67. The number of anilines is 1. The van der Waals surface area contributed by atoms with E-state index in [0.29, 0.717) is 28.7 Å². The van der Waals surface area contributed by atoms with Crippen molar-refractivity contribution in [1.29, 1.82) is 0 Å². The lowest BCUT2D eigenvalue weighted by Crippen LogP contribution is -2.14. The van der Waals surface area contributed by atoms with Crippen molar-refractivity contribution in [2.45, 2.75) is 6.92 Å². The van der Waals surface area contributed by atoms with E-state index in [1.807, 2.05) is 30.3 Å². The number of fused-ring (bicyclic) bond motifs is 1. The summed E-state index contributed by atoms with van der Waals surface area (Å²) in [5, 5.41) is 7.81. The van der Waals surface area contributed by atoms with Gasteiger partial charge in [0, 0.05) is 34.3 Å². The SMILES string of the molecule is COc1ccc2c(C(=O)CNc3cc(-c4nc(C)no4)ccc3OC)c[nH]c2c1. The maximum absolute atomic E-state index is 12.8. The smallest absolute Gasteiger partial charge is 0.257 e. The highest BCUT2D eigenvalue weighted by Gasteiger charge is 2.15. The summed E-state index contributed by atoms with van der Waals surface area (Å²) in [5.74, 6) is 2.25. The van der Waals surface area contributed by atoms with Crippen LogP contribution in [-0.2, 0) is 0 Å². The molecule has 8 heteroatoms. The van der Waals surface area contributed by atoms with Gasteiger partial charge in [-0.2, -0.15) is 4.98 Å². The van der Waals surface area contributed by atoms with Crippen LogP contribution in [0, 0.1) is 6.92 Å². The number of methoxy groups -OCH3 is 2. The number of ketones is 1. The first-order valence-corrected chi connectivity index (χ1v) is 9.00. The maximum atomic E-state index is 12.8. The minimum Gasteiger partial charge on any atom is -0.497 e. The first kappa shape index (κ1) is 18.5. The van der Waals surface area contributed by atoms with Gasteiger partial charge < -0.3 is 24.3 Å². The molecule has 0 atom stereocenters. The van der Waals surface area contributed by atoms with Crippen LogP contribution in [0.1, 0.15) is 16.2 Å². The summed E-state index contributed by atoms with van der Waals surface area (Å²) in [6.07, 6.45) is 1.71. The molecule has 0 radical (unpaired) electrons. The van der Waals surface area contributed by atoms with Crippen LogP contribution in [0.2, 0.25) is 0 Å². The van der Waals surface area contributed by atoms with Gasteiger partial charge in [0.25, 0.3) is 5.89 Å². The average Bonchev–Trinajstić information content (AvgIpc) is 3.37. The third kappa shape index (κ3) is 3.64. The molecule has 0 fully saturated rings. The van der Waals surface area contributed by atoms with Gasteiger partial charge in [-0.3, -0.25) is 4.79 Å². The normalized spacial score (nSPS) is 10.9. The van der Waals surface area contributed by atoms with Crippen LogP contribution in [0.25, 0.3) is 22.4 Å². The standard InChI is InChI=1S/C21H20N4O4/c1-12-24-21(29-25-12)13-4-7-20(28-3)18(8-13)23-11-19(26)16-10-22-17-9-14(27-2)5-6-15(16)17/h4-10,22-23H,11H2,1-3H3. The van der Waals surface area contributed by atoms with Gasteiger partial charge in [-0.05, 0) is 37.3 Å². The number of aryl methyl sites for hydroxylation is 1. The Hall–Kier alpha value is -3.81. The fourth-order valence-corrected chi connectivity index (χ4v) is 3.13. The fraction of sp³-hybridized carbons (Fsp3) is 0.190. The number of hydrogen-bond donors (Lipinski definition) is 2. The Morgan fingerprint density at radius 1 is 1.17 bits per heavy atom. The van der Waals surface area contributed by atoms with E-state index in [9.17, 15) is 4.79 Å². The molecule has 0 aliphatic heterocycles. The number of benzene rings is 2. The molecule has 2 heterocycles. The van der Waals surface area contributed by atoms with Crippen molar-refractivity contribution in [3.05, 3.63) is 54.0 Å². The molecule has 0 unspecified atom stereocenters. The van der Waals surface area contributed by atoms with Crippen LogP contribution in [0.15, 0.2) is 47.1 Å². The molecule has 4 rings (SSSR count). The van der Waals surface area contributed by atoms with E-state index in [2.05, 4.69) is 20.4 Å². The molecule has 148 valence electrons. The highest BCUT2D eigenvalue weighted by Crippen LogP contribution is 2.30. The summed E-state index contributed by atoms with van der Waals surface area (Å²) in [6, 6.07) is 11.0. The number of aromatic nitrogens is 3. The van der Waals surface area contributed by atoms with Gasteiger partial charge in [0.1, 0.15) is 11.5 Å². The number of carbonyl (C=O) groups is 1. The molecule has 29 heavy (non-hydrogen) atoms. The predicted molar refractivity (Wildman–Crippen MR) is 109 cm³/mol. The fourth-order valence-electron chi connectivity index (χ4n) is 3.13. The Balaban J connectivity index is 1.56. The molecule has 0 amide bonds. The molecule has 2 aromatic carbocycles. The number of carbonyl (C=O) groups excluding carboxylic acids is 1. The largest absolute Gasteiger partial charge is 0.497 e. The summed E-state index contributed by atoms with van der Waals surface area (Å²) in [7, 11) is 3.18. The molecule has 0 spiro atoms. The van der Waals surface area contributed by atoms with Crippen molar-refractivity contribution in [2.75, 3.05) is 26.1 Å². The summed E-state index contributed by atoms with van der Waals surface area (Å²) < 4.78 is 15.8. The topological polar surface area (TPSA) is 102 Å². The van der Waals surface area contributed by atoms with E-state index in [0.717, 1.165) is 22.2 Å². The molecule has 0 aliphatic carbocycles. The van der Waals surface area contributed by atoms with Gasteiger partial charge >= 0.3 is 0 Å². The van der Waals surface area contributed by atoms with E-state index in [1.165, 1.54) is 0 Å². The number of H-pyrrole nitrogens is 1. The zero-order chi connectivity index (χ0) is 20.4. The van der Waals surface area contributed by atoms with Gasteiger partial charge in [0.05, 0.1) is 26.5 Å². The minimum atomic E-state index is -0.0532. The second-order valence-electron chi connectivity index (χ2n) is 6.45. The molecule has 0 aliphatic rings. The van der Waals surface area contributed by atoms with Gasteiger partial charge in [0.15, 0.2) is 11.6 Å². The summed E-state index contributed by atoms with van der Waals surface area (Å²) in [5.41, 5.74) is 2.85. The van der Waals surface area contributed by atoms with E-state index >= 15 is 0 Å². The number of Topliss-reactive ketones (excluding diaryl/α,β-unsaturated/α-hetero) is 1. The Labute approximate surface area is 166 Å². The third-order valence-electron chi connectivity index (χ3n) is 4.60. The molecule has 4 aromatic rings. The van der Waals surface area contributed by atoms with Crippen molar-refractivity contribution in [3.63, 3.8) is 0 Å². The zero-order valence-electron chi connectivity index (χ0n) is 16.3. The number of hydrogen-bond acceptors (Lipinski definition) is 7. The Morgan fingerprint density at radius 2 is 2.03 bits per heavy atom. The molecule has 2 aromatic heterocycles. The molecule has 0 saturated heterocycles. The maximum Gasteiger partial charge on any atom is 0.257 e. The van der Waals surface area contributed by atoms with Crippen LogP contribution in [0.3, 0.4) is 0 Å². The van der Waals surface area contributed by atoms with E-state index in [-0.39, 0.29) is 12.3 Å². The number of rotatable bonds is 7. The molecule has 2 N–H and O–H groups in total. The van der Waals surface area contributed by atoms with Crippen LogP contribution in [0.4, 0.5) is 5.69 Å². The van der Waals surface area contributed by atoms with Gasteiger partial charge in [0.2, 0.25) is 0 Å². The highest BCUT2D eigenvalue weighted by atomic mass is 16.5. The monoisotopic (exact) mass is 392 g/mol. The van der Waals surface area contributed by atoms with Gasteiger partial charge in [-0.1, -0.05) is 5.16 Å². The molecular formula is C21H20N4O4. The van der Waals surface area contributed by atoms with Crippen molar-refractivity contribution < 1.29 is 18.8 Å². The van der Waals surface area contributed by atoms with Gasteiger partial charge in [-0.25, -0.2) is 0 Å². The summed E-state index contributed by atoms with van der Waals surface area (Å²) in [4.78, 5) is 20.2. The van der Waals surface area contributed by atoms with E-state index in [4.69, 9.17) is 14.0 Å². The Morgan fingerprint density at radius 3 is 2.76 bits per heavy atom. The summed E-state index contributed by atoms with van der Waals surface area (Å²) >= 11 is 0. The predicted octanol–water partition coefficient (Wildman–Crippen LogP) is 3.84. The lowest BCUT2D eigenvalue weighted by Gasteiger charge is -2.11. The van der Waals surface area contributed by atoms with Crippen LogP contribution < -0.4 is 14.8 Å². The highest BCUT2D eigenvalue weighted by molar-refractivity contribution is 6.09. The number of aromatic amines is 1. The first-order chi connectivity index (χ1) is 14.1. The summed E-state index contributed by atoms with van der Waals surface area (Å²) in [6.45, 7) is 1.85. The quantitative estimate of drug-likeness (QED) is 0.461. The van der Waals surface area contributed by atoms with Crippen LogP contribution in [-0.4, -0.2) is 41.7 Å². The number of ether oxygens (including phenoxy) is 2. The van der Waals surface area contributed by atoms with Crippen LogP contribution in [0.5, 0.6) is 11.5 Å². The van der Waals surface area contributed by atoms with Crippen molar-refractivity contribution >= 4 is 22.4 Å². The van der Waals surface area contributed by atoms with E-state index < -0.39 is 0 Å². The Kier molecular flexibility index (Phi) is 4.90. The lowest BCUT2D eigenvalue weighted by atomic mass is 10.1. The molecule has 0 bridgehead atoms.